The first kappa shape index (κ1) is 12.3. The van der Waals surface area contributed by atoms with Gasteiger partial charge in [-0.15, -0.1) is 0 Å². The van der Waals surface area contributed by atoms with Crippen LogP contribution in [0.3, 0.4) is 0 Å². The summed E-state index contributed by atoms with van der Waals surface area (Å²) in [5.41, 5.74) is 2.35. The van der Waals surface area contributed by atoms with Gasteiger partial charge in [0.05, 0.1) is 13.2 Å². The van der Waals surface area contributed by atoms with Gasteiger partial charge in [0.25, 0.3) is 0 Å². The fourth-order valence-electron chi connectivity index (χ4n) is 2.05. The second-order valence-electron chi connectivity index (χ2n) is 4.56. The summed E-state index contributed by atoms with van der Waals surface area (Å²) in [4.78, 5) is 0. The molecule has 2 heteroatoms. The third-order valence-electron chi connectivity index (χ3n) is 3.23. The molecule has 0 N–H and O–H groups in total. The van der Waals surface area contributed by atoms with E-state index in [2.05, 4.69) is 37.0 Å². The van der Waals surface area contributed by atoms with Crippen molar-refractivity contribution in [2.45, 2.75) is 32.0 Å². The summed E-state index contributed by atoms with van der Waals surface area (Å²) in [7, 11) is 0. The van der Waals surface area contributed by atoms with Gasteiger partial charge in [0.2, 0.25) is 0 Å². The molecule has 1 fully saturated rings. The van der Waals surface area contributed by atoms with Crippen LogP contribution >= 0.6 is 0 Å². The third kappa shape index (κ3) is 3.18. The van der Waals surface area contributed by atoms with E-state index < -0.39 is 5.79 Å². The SMILES string of the molecule is C=C(CCCC=C1C=CC=C1)C1(C)OCCO1. The summed E-state index contributed by atoms with van der Waals surface area (Å²) < 4.78 is 11.1. The molecule has 0 radical (unpaired) electrons. The maximum atomic E-state index is 5.57. The topological polar surface area (TPSA) is 18.5 Å². The van der Waals surface area contributed by atoms with E-state index in [0.29, 0.717) is 13.2 Å². The van der Waals surface area contributed by atoms with Crippen LogP contribution in [-0.4, -0.2) is 19.0 Å². The largest absolute Gasteiger partial charge is 0.344 e. The van der Waals surface area contributed by atoms with Crippen molar-refractivity contribution in [1.82, 2.24) is 0 Å². The monoisotopic (exact) mass is 232 g/mol. The molecule has 0 amide bonds. The summed E-state index contributed by atoms with van der Waals surface area (Å²) in [5.74, 6) is -0.541. The quantitative estimate of drug-likeness (QED) is 0.533. The van der Waals surface area contributed by atoms with Gasteiger partial charge in [-0.3, -0.25) is 0 Å². The standard InChI is InChI=1S/C15H20O2/c1-13(15(2)16-11-12-17-15)7-3-4-8-14-9-5-6-10-14/h5-6,8-10H,1,3-4,7,11-12H2,2H3. The number of hydrogen-bond donors (Lipinski definition) is 0. The summed E-state index contributed by atoms with van der Waals surface area (Å²) in [6.45, 7) is 7.39. The van der Waals surface area contributed by atoms with Gasteiger partial charge in [-0.1, -0.05) is 37.0 Å². The molecule has 0 aromatic heterocycles. The molecular formula is C15H20O2. The molecule has 1 aliphatic heterocycles. The van der Waals surface area contributed by atoms with Crippen LogP contribution < -0.4 is 0 Å². The highest BCUT2D eigenvalue weighted by molar-refractivity contribution is 5.39. The highest BCUT2D eigenvalue weighted by Gasteiger charge is 2.33. The summed E-state index contributed by atoms with van der Waals surface area (Å²) in [6, 6.07) is 0. The molecule has 2 nitrogen and oxygen atoms in total. The molecule has 1 heterocycles. The van der Waals surface area contributed by atoms with Crippen LogP contribution in [0.1, 0.15) is 26.2 Å². The molecule has 2 rings (SSSR count). The lowest BCUT2D eigenvalue weighted by molar-refractivity contribution is -0.111. The minimum Gasteiger partial charge on any atom is -0.344 e. The van der Waals surface area contributed by atoms with Crippen molar-refractivity contribution in [3.8, 4) is 0 Å². The van der Waals surface area contributed by atoms with E-state index in [1.165, 1.54) is 5.57 Å². The number of allylic oxidation sites excluding steroid dienone is 6. The van der Waals surface area contributed by atoms with Crippen molar-refractivity contribution in [1.29, 1.82) is 0 Å². The number of rotatable bonds is 5. The Kier molecular flexibility index (Phi) is 3.97. The van der Waals surface area contributed by atoms with Gasteiger partial charge >= 0.3 is 0 Å². The van der Waals surface area contributed by atoms with Crippen molar-refractivity contribution in [3.63, 3.8) is 0 Å². The molecule has 0 spiro atoms. The van der Waals surface area contributed by atoms with Crippen LogP contribution in [0, 0.1) is 0 Å². The molecule has 2 aliphatic rings. The number of hydrogen-bond acceptors (Lipinski definition) is 2. The zero-order valence-electron chi connectivity index (χ0n) is 10.4. The fourth-order valence-corrected chi connectivity index (χ4v) is 2.05. The van der Waals surface area contributed by atoms with E-state index in [1.54, 1.807) is 0 Å². The van der Waals surface area contributed by atoms with Crippen LogP contribution in [0.2, 0.25) is 0 Å². The van der Waals surface area contributed by atoms with Crippen molar-refractivity contribution < 1.29 is 9.47 Å². The Morgan fingerprint density at radius 1 is 1.35 bits per heavy atom. The van der Waals surface area contributed by atoms with Crippen LogP contribution in [0.15, 0.2) is 48.1 Å². The molecule has 0 saturated carbocycles. The van der Waals surface area contributed by atoms with Crippen LogP contribution in [-0.2, 0) is 9.47 Å². The second kappa shape index (κ2) is 5.48. The number of ether oxygens (including phenoxy) is 2. The fraction of sp³-hybridized carbons (Fsp3) is 0.467. The molecule has 0 aromatic carbocycles. The molecule has 1 aliphatic carbocycles. The Bertz CT molecular complexity index is 354. The Balaban J connectivity index is 1.71. The van der Waals surface area contributed by atoms with E-state index in [-0.39, 0.29) is 0 Å². The van der Waals surface area contributed by atoms with Crippen LogP contribution in [0.25, 0.3) is 0 Å². The summed E-state index contributed by atoms with van der Waals surface area (Å²) in [5, 5.41) is 0. The minimum atomic E-state index is -0.541. The maximum absolute atomic E-state index is 5.57. The van der Waals surface area contributed by atoms with Gasteiger partial charge in [-0.25, -0.2) is 0 Å². The highest BCUT2D eigenvalue weighted by Crippen LogP contribution is 2.29. The predicted molar refractivity (Wildman–Crippen MR) is 69.7 cm³/mol. The molecule has 17 heavy (non-hydrogen) atoms. The van der Waals surface area contributed by atoms with Crippen molar-refractivity contribution >= 4 is 0 Å². The average molecular weight is 232 g/mol. The van der Waals surface area contributed by atoms with E-state index >= 15 is 0 Å². The van der Waals surface area contributed by atoms with Crippen molar-refractivity contribution in [2.75, 3.05) is 13.2 Å². The van der Waals surface area contributed by atoms with E-state index in [1.807, 2.05) is 6.92 Å². The number of unbranched alkanes of at least 4 members (excludes halogenated alkanes) is 1. The zero-order chi connectivity index (χ0) is 12.1. The molecule has 1 saturated heterocycles. The van der Waals surface area contributed by atoms with Gasteiger partial charge in [0, 0.05) is 0 Å². The van der Waals surface area contributed by atoms with Gasteiger partial charge < -0.3 is 9.47 Å². The molecule has 0 atom stereocenters. The first-order valence-electron chi connectivity index (χ1n) is 6.22. The molecule has 92 valence electrons. The molecule has 0 bridgehead atoms. The third-order valence-corrected chi connectivity index (χ3v) is 3.23. The Morgan fingerprint density at radius 2 is 2.00 bits per heavy atom. The first-order chi connectivity index (χ1) is 8.21. The summed E-state index contributed by atoms with van der Waals surface area (Å²) >= 11 is 0. The molecular weight excluding hydrogens is 212 g/mol. The average Bonchev–Trinajstić information content (AvgIpc) is 2.96. The highest BCUT2D eigenvalue weighted by atomic mass is 16.7. The Morgan fingerprint density at radius 3 is 2.65 bits per heavy atom. The lowest BCUT2D eigenvalue weighted by Crippen LogP contribution is -2.27. The van der Waals surface area contributed by atoms with Crippen molar-refractivity contribution in [3.05, 3.63) is 48.1 Å². The van der Waals surface area contributed by atoms with Crippen molar-refractivity contribution in [2.24, 2.45) is 0 Å². The molecule has 0 unspecified atom stereocenters. The van der Waals surface area contributed by atoms with Gasteiger partial charge in [-0.2, -0.15) is 0 Å². The van der Waals surface area contributed by atoms with Crippen LogP contribution in [0.5, 0.6) is 0 Å². The zero-order valence-corrected chi connectivity index (χ0v) is 10.4. The van der Waals surface area contributed by atoms with E-state index in [9.17, 15) is 0 Å². The van der Waals surface area contributed by atoms with Gasteiger partial charge in [0.15, 0.2) is 5.79 Å². The Labute approximate surface area is 103 Å². The van der Waals surface area contributed by atoms with Gasteiger partial charge in [0.1, 0.15) is 0 Å². The van der Waals surface area contributed by atoms with E-state index in [0.717, 1.165) is 24.8 Å². The second-order valence-corrected chi connectivity index (χ2v) is 4.56. The van der Waals surface area contributed by atoms with E-state index in [4.69, 9.17) is 9.47 Å². The molecule has 0 aromatic rings. The lowest BCUT2D eigenvalue weighted by Gasteiger charge is -2.24. The Hall–Kier alpha value is -1.12. The van der Waals surface area contributed by atoms with Crippen LogP contribution in [0.4, 0.5) is 0 Å². The van der Waals surface area contributed by atoms with Gasteiger partial charge in [-0.05, 0) is 37.3 Å². The lowest BCUT2D eigenvalue weighted by atomic mass is 10.0. The smallest absolute Gasteiger partial charge is 0.187 e. The first-order valence-corrected chi connectivity index (χ1v) is 6.22. The summed E-state index contributed by atoms with van der Waals surface area (Å²) in [6.07, 6.45) is 13.7. The normalized spacial score (nSPS) is 21.1. The maximum Gasteiger partial charge on any atom is 0.187 e. The minimum absolute atomic E-state index is 0.541. The predicted octanol–water partition coefficient (Wildman–Crippen LogP) is 3.53.